The van der Waals surface area contributed by atoms with Crippen LogP contribution in [0, 0.1) is 10.1 Å². The molecule has 3 N–H and O–H groups in total. The van der Waals surface area contributed by atoms with E-state index in [9.17, 15) is 15.2 Å². The Morgan fingerprint density at radius 1 is 1.33 bits per heavy atom. The molecule has 0 spiro atoms. The minimum atomic E-state index is -0.554. The van der Waals surface area contributed by atoms with Crippen LogP contribution in [0.1, 0.15) is 64.6 Å². The van der Waals surface area contributed by atoms with Gasteiger partial charge in [0.2, 0.25) is 5.82 Å². The Morgan fingerprint density at radius 2 is 1.95 bits per heavy atom. The van der Waals surface area contributed by atoms with Gasteiger partial charge in [-0.25, -0.2) is 4.68 Å². The number of hydrogen-bond acceptors (Lipinski definition) is 5. The number of nitrogens with two attached hydrogens (primary N) is 1. The first-order chi connectivity index (χ1) is 9.73. The molecule has 21 heavy (non-hydrogen) atoms. The Kier molecular flexibility index (Phi) is 4.22. The van der Waals surface area contributed by atoms with Gasteiger partial charge >= 0.3 is 5.69 Å². The van der Waals surface area contributed by atoms with E-state index in [2.05, 4.69) is 5.10 Å². The van der Waals surface area contributed by atoms with Gasteiger partial charge in [0.25, 0.3) is 0 Å². The highest BCUT2D eigenvalue weighted by Gasteiger charge is 2.37. The first-order valence-electron chi connectivity index (χ1n) is 7.44. The third kappa shape index (κ3) is 3.02. The second-order valence-corrected chi connectivity index (χ2v) is 6.81. The molecule has 7 heteroatoms. The molecule has 1 aromatic heterocycles. The maximum Gasteiger partial charge on any atom is 0.334 e. The second-order valence-electron chi connectivity index (χ2n) is 6.81. The number of nitrogens with zero attached hydrogens (tertiary/aromatic N) is 3. The van der Waals surface area contributed by atoms with Crippen molar-refractivity contribution in [2.75, 3.05) is 5.73 Å². The van der Waals surface area contributed by atoms with E-state index in [4.69, 9.17) is 5.73 Å². The van der Waals surface area contributed by atoms with Crippen molar-refractivity contribution in [1.82, 2.24) is 9.78 Å². The Labute approximate surface area is 124 Å². The van der Waals surface area contributed by atoms with Crippen molar-refractivity contribution in [2.24, 2.45) is 0 Å². The quantitative estimate of drug-likeness (QED) is 0.495. The zero-order chi connectivity index (χ0) is 15.8. The first kappa shape index (κ1) is 15.8. The molecule has 2 atom stereocenters. The molecule has 0 aliphatic heterocycles. The molecule has 7 nitrogen and oxygen atoms in total. The summed E-state index contributed by atoms with van der Waals surface area (Å²) in [5.41, 5.74) is 5.77. The van der Waals surface area contributed by atoms with Gasteiger partial charge in [-0.05, 0) is 12.8 Å². The molecule has 0 bridgehead atoms. The van der Waals surface area contributed by atoms with Gasteiger partial charge in [-0.15, -0.1) is 0 Å². The van der Waals surface area contributed by atoms with Crippen LogP contribution in [0.15, 0.2) is 0 Å². The van der Waals surface area contributed by atoms with Crippen LogP contribution >= 0.6 is 0 Å². The highest BCUT2D eigenvalue weighted by atomic mass is 16.6. The van der Waals surface area contributed by atoms with E-state index in [1.165, 1.54) is 4.68 Å². The molecule has 0 amide bonds. The molecular weight excluding hydrogens is 272 g/mol. The van der Waals surface area contributed by atoms with Crippen molar-refractivity contribution in [3.8, 4) is 0 Å². The van der Waals surface area contributed by atoms with Gasteiger partial charge in [-0.3, -0.25) is 10.1 Å². The Hall–Kier alpha value is -1.63. The highest BCUT2D eigenvalue weighted by molar-refractivity contribution is 5.58. The molecule has 1 fully saturated rings. The summed E-state index contributed by atoms with van der Waals surface area (Å²) < 4.78 is 1.48. The number of rotatable bonds is 2. The van der Waals surface area contributed by atoms with Crippen LogP contribution in [0.25, 0.3) is 0 Å². The summed E-state index contributed by atoms with van der Waals surface area (Å²) in [6, 6.07) is -0.276. The maximum atomic E-state index is 11.3. The third-order valence-corrected chi connectivity index (χ3v) is 4.07. The molecule has 0 radical (unpaired) electrons. The van der Waals surface area contributed by atoms with E-state index >= 15 is 0 Å². The lowest BCUT2D eigenvalue weighted by atomic mass is 9.91. The zero-order valence-electron chi connectivity index (χ0n) is 12.9. The molecular formula is C14H24N4O3. The molecule has 118 valence electrons. The number of anilines is 1. The fraction of sp³-hybridized carbons (Fsp3) is 0.786. The number of aliphatic hydroxyl groups is 1. The van der Waals surface area contributed by atoms with E-state index in [1.807, 2.05) is 20.8 Å². The van der Waals surface area contributed by atoms with Gasteiger partial charge in [-0.1, -0.05) is 40.0 Å². The molecule has 1 aliphatic rings. The summed E-state index contributed by atoms with van der Waals surface area (Å²) in [7, 11) is 0. The predicted octanol–water partition coefficient (Wildman–Crippen LogP) is 2.54. The molecule has 1 aromatic rings. The van der Waals surface area contributed by atoms with E-state index in [-0.39, 0.29) is 17.5 Å². The summed E-state index contributed by atoms with van der Waals surface area (Å²) in [5.74, 6) is 0.0517. The lowest BCUT2D eigenvalue weighted by molar-refractivity contribution is -0.385. The van der Waals surface area contributed by atoms with Crippen LogP contribution in [-0.4, -0.2) is 25.9 Å². The van der Waals surface area contributed by atoms with E-state index in [0.29, 0.717) is 12.1 Å². The molecule has 1 saturated carbocycles. The summed E-state index contributed by atoms with van der Waals surface area (Å²) in [4.78, 5) is 10.9. The predicted molar refractivity (Wildman–Crippen MR) is 80.1 cm³/mol. The number of hydrogen-bond donors (Lipinski definition) is 2. The molecule has 0 saturated heterocycles. The Bertz CT molecular complexity index is 533. The van der Waals surface area contributed by atoms with Crippen LogP contribution in [-0.2, 0) is 5.41 Å². The normalized spacial score (nSPS) is 23.8. The van der Waals surface area contributed by atoms with Crippen LogP contribution < -0.4 is 5.73 Å². The van der Waals surface area contributed by atoms with Gasteiger partial charge in [0.05, 0.1) is 17.1 Å². The number of nitro groups is 1. The minimum Gasteiger partial charge on any atom is -0.391 e. The van der Waals surface area contributed by atoms with Crippen molar-refractivity contribution in [2.45, 2.75) is 70.4 Å². The van der Waals surface area contributed by atoms with Crippen molar-refractivity contribution in [3.05, 3.63) is 15.8 Å². The topological polar surface area (TPSA) is 107 Å². The fourth-order valence-corrected chi connectivity index (χ4v) is 2.93. The van der Waals surface area contributed by atoms with Crippen LogP contribution in [0.2, 0.25) is 0 Å². The second kappa shape index (κ2) is 5.63. The maximum absolute atomic E-state index is 11.3. The zero-order valence-corrected chi connectivity index (χ0v) is 12.9. The van der Waals surface area contributed by atoms with E-state index in [0.717, 1.165) is 25.7 Å². The van der Waals surface area contributed by atoms with E-state index in [1.54, 1.807) is 0 Å². The van der Waals surface area contributed by atoms with Crippen molar-refractivity contribution in [3.63, 3.8) is 0 Å². The lowest BCUT2D eigenvalue weighted by Gasteiger charge is -2.21. The van der Waals surface area contributed by atoms with Gasteiger partial charge in [-0.2, -0.15) is 5.10 Å². The number of aromatic nitrogens is 2. The summed E-state index contributed by atoms with van der Waals surface area (Å²) in [6.07, 6.45) is 3.87. The Balaban J connectivity index is 2.51. The largest absolute Gasteiger partial charge is 0.391 e. The van der Waals surface area contributed by atoms with Gasteiger partial charge in [0, 0.05) is 5.41 Å². The van der Waals surface area contributed by atoms with Crippen molar-refractivity contribution < 1.29 is 10.0 Å². The monoisotopic (exact) mass is 296 g/mol. The fourth-order valence-electron chi connectivity index (χ4n) is 2.93. The Morgan fingerprint density at radius 3 is 2.48 bits per heavy atom. The molecule has 2 rings (SSSR count). The molecule has 1 heterocycles. The van der Waals surface area contributed by atoms with Gasteiger partial charge in [0.15, 0.2) is 0 Å². The molecule has 1 aliphatic carbocycles. The summed E-state index contributed by atoms with van der Waals surface area (Å²) >= 11 is 0. The third-order valence-electron chi connectivity index (χ3n) is 4.07. The van der Waals surface area contributed by atoms with Crippen molar-refractivity contribution in [1.29, 1.82) is 0 Å². The average molecular weight is 296 g/mol. The summed E-state index contributed by atoms with van der Waals surface area (Å²) in [6.45, 7) is 5.61. The van der Waals surface area contributed by atoms with Crippen LogP contribution in [0.5, 0.6) is 0 Å². The number of aliphatic hydroxyl groups excluding tert-OH is 1. The van der Waals surface area contributed by atoms with Crippen molar-refractivity contribution >= 4 is 11.5 Å². The first-order valence-corrected chi connectivity index (χ1v) is 7.44. The SMILES string of the molecule is CC(C)(C)c1nn(C2CCCCCC2O)c(N)c1[N+](=O)[O-]. The summed E-state index contributed by atoms with van der Waals surface area (Å²) in [5, 5.41) is 26.0. The average Bonchev–Trinajstić information content (AvgIpc) is 2.57. The van der Waals surface area contributed by atoms with Gasteiger partial charge in [0.1, 0.15) is 5.69 Å². The smallest absolute Gasteiger partial charge is 0.334 e. The molecule has 0 aromatic carbocycles. The minimum absolute atomic E-state index is 0.0517. The van der Waals surface area contributed by atoms with Crippen LogP contribution in [0.3, 0.4) is 0 Å². The van der Waals surface area contributed by atoms with Gasteiger partial charge < -0.3 is 10.8 Å². The number of nitrogen functional groups attached to an aromatic ring is 1. The standard InChI is InChI=1S/C14H24N4O3/c1-14(2,3)12-11(18(20)21)13(15)17(16-12)9-7-5-4-6-8-10(9)19/h9-10,19H,4-8,15H2,1-3H3. The molecule has 2 unspecified atom stereocenters. The van der Waals surface area contributed by atoms with Crippen LogP contribution in [0.4, 0.5) is 11.5 Å². The lowest BCUT2D eigenvalue weighted by Crippen LogP contribution is -2.25. The highest BCUT2D eigenvalue weighted by Crippen LogP contribution is 2.38. The van der Waals surface area contributed by atoms with E-state index < -0.39 is 16.4 Å².